The van der Waals surface area contributed by atoms with Gasteiger partial charge in [-0.3, -0.25) is 4.79 Å². The summed E-state index contributed by atoms with van der Waals surface area (Å²) in [6, 6.07) is 4.33. The highest BCUT2D eigenvalue weighted by Crippen LogP contribution is 2.45. The van der Waals surface area contributed by atoms with Crippen molar-refractivity contribution in [3.05, 3.63) is 81.6 Å². The van der Waals surface area contributed by atoms with E-state index < -0.39 is 47.9 Å². The third kappa shape index (κ3) is 6.91. The summed E-state index contributed by atoms with van der Waals surface area (Å²) in [5, 5.41) is 63.4. The Bertz CT molecular complexity index is 1800. The fraction of sp³-hybridized carbons (Fsp3) is 0.371. The number of carbonyl (C=O) groups is 1. The molecule has 0 amide bonds. The Morgan fingerprint density at radius 1 is 0.915 bits per heavy atom. The molecule has 0 bridgehead atoms. The van der Waals surface area contributed by atoms with Crippen molar-refractivity contribution in [1.29, 1.82) is 0 Å². The Morgan fingerprint density at radius 2 is 1.55 bits per heavy atom. The van der Waals surface area contributed by atoms with E-state index in [-0.39, 0.29) is 64.4 Å². The number of aromatic hydroxyl groups is 2. The lowest BCUT2D eigenvalue weighted by Gasteiger charge is -2.39. The molecule has 1 saturated heterocycles. The number of aliphatic hydroxyl groups is 3. The monoisotopic (exact) mass is 652 g/mol. The molecule has 2 unspecified atom stereocenters. The van der Waals surface area contributed by atoms with Crippen LogP contribution in [0, 0.1) is 0 Å². The van der Waals surface area contributed by atoms with Gasteiger partial charge in [-0.15, -0.1) is 0 Å². The zero-order chi connectivity index (χ0) is 34.9. The van der Waals surface area contributed by atoms with Crippen LogP contribution in [0.2, 0.25) is 0 Å². The second-order valence-electron chi connectivity index (χ2n) is 11.9. The van der Waals surface area contributed by atoms with Crippen LogP contribution in [-0.4, -0.2) is 74.4 Å². The molecule has 0 aliphatic carbocycles. The predicted octanol–water partition coefficient (Wildman–Crippen LogP) is 3.90. The summed E-state index contributed by atoms with van der Waals surface area (Å²) in [6.07, 6.45) is -8.77. The number of hydrogen-bond donors (Lipinski definition) is 6. The van der Waals surface area contributed by atoms with Crippen LogP contribution >= 0.6 is 0 Å². The maximum Gasteiger partial charge on any atom is 0.335 e. The summed E-state index contributed by atoms with van der Waals surface area (Å²) in [7, 11) is 1.41. The minimum atomic E-state index is -1.96. The number of aliphatic carboxylic acids is 1. The van der Waals surface area contributed by atoms with Crippen molar-refractivity contribution in [2.24, 2.45) is 0 Å². The first-order chi connectivity index (χ1) is 22.1. The molecule has 0 radical (unpaired) electrons. The third-order valence-corrected chi connectivity index (χ3v) is 7.95. The van der Waals surface area contributed by atoms with E-state index in [9.17, 15) is 40.2 Å². The van der Waals surface area contributed by atoms with Gasteiger partial charge < -0.3 is 49.3 Å². The molecule has 4 rings (SSSR count). The first-order valence-electron chi connectivity index (χ1n) is 14.9. The summed E-state index contributed by atoms with van der Waals surface area (Å²) in [5.74, 6) is -2.17. The lowest BCUT2D eigenvalue weighted by molar-refractivity contribution is -0.271. The summed E-state index contributed by atoms with van der Waals surface area (Å²) in [6.45, 7) is 17.2. The second kappa shape index (κ2) is 14.0. The molecule has 0 spiro atoms. The largest absolute Gasteiger partial charge is 0.507 e. The quantitative estimate of drug-likeness (QED) is 0.155. The Hall–Kier alpha value is -4.62. The Labute approximate surface area is 271 Å². The van der Waals surface area contributed by atoms with Gasteiger partial charge in [-0.25, -0.2) is 4.79 Å². The number of carboxylic acids is 1. The highest BCUT2D eigenvalue weighted by molar-refractivity contribution is 5.92. The fourth-order valence-corrected chi connectivity index (χ4v) is 5.51. The van der Waals surface area contributed by atoms with E-state index in [0.29, 0.717) is 28.7 Å². The number of allylic oxidation sites excluding steroid dienone is 3. The van der Waals surface area contributed by atoms with Gasteiger partial charge in [0.2, 0.25) is 6.29 Å². The average molecular weight is 653 g/mol. The molecule has 12 heteroatoms. The van der Waals surface area contributed by atoms with Crippen LogP contribution in [0.5, 0.6) is 23.0 Å². The van der Waals surface area contributed by atoms with Crippen LogP contribution in [-0.2, 0) is 28.8 Å². The molecule has 252 valence electrons. The van der Waals surface area contributed by atoms with Crippen LogP contribution in [0.25, 0.3) is 22.3 Å². The molecular weight excluding hydrogens is 612 g/mol. The van der Waals surface area contributed by atoms with Gasteiger partial charge in [-0.05, 0) is 38.8 Å². The van der Waals surface area contributed by atoms with E-state index >= 15 is 0 Å². The molecule has 1 fully saturated rings. The maximum atomic E-state index is 13.8. The summed E-state index contributed by atoms with van der Waals surface area (Å²) >= 11 is 0. The summed E-state index contributed by atoms with van der Waals surface area (Å²) in [4.78, 5) is 25.6. The van der Waals surface area contributed by atoms with Crippen molar-refractivity contribution in [3.8, 4) is 34.3 Å². The number of phenolic OH excluding ortho intramolecular Hbond substituents is 2. The van der Waals surface area contributed by atoms with E-state index in [1.807, 2.05) is 6.92 Å². The number of carboxylic acid groups (broad SMARTS) is 1. The number of rotatable bonds is 12. The standard InChI is InChI=1S/C35H40O12/c1-8-17(6)13-19-18(9-10-23(44-7)26(19)37)24-14-22(36)25-27(38)20(11-15(2)3)31(21(12-16(4)5)32(25)45-24)46-35-30(41)28(39)29(40)33(47-35)34(42)43/h9-10,14,28-30,33,35,37-41H,2,4,6,8,11-13H2,1,3,5,7H3,(H,42,43)/t28?,29-,30+,33?,35+/m0/s1. The number of ether oxygens (including phenoxy) is 3. The van der Waals surface area contributed by atoms with Crippen molar-refractivity contribution < 1.29 is 54.1 Å². The van der Waals surface area contributed by atoms with Gasteiger partial charge in [-0.1, -0.05) is 43.4 Å². The van der Waals surface area contributed by atoms with Crippen LogP contribution in [0.15, 0.2) is 63.9 Å². The number of fused-ring (bicyclic) bond motifs is 1. The van der Waals surface area contributed by atoms with Crippen molar-refractivity contribution in [2.45, 2.75) is 77.2 Å². The molecule has 0 saturated carbocycles. The first kappa shape index (κ1) is 35.2. The zero-order valence-corrected chi connectivity index (χ0v) is 26.7. The van der Waals surface area contributed by atoms with Crippen LogP contribution in [0.1, 0.15) is 43.9 Å². The van der Waals surface area contributed by atoms with Gasteiger partial charge in [0, 0.05) is 41.2 Å². The predicted molar refractivity (Wildman–Crippen MR) is 173 cm³/mol. The first-order valence-corrected chi connectivity index (χ1v) is 14.9. The van der Waals surface area contributed by atoms with Gasteiger partial charge in [0.05, 0.1) is 7.11 Å². The zero-order valence-electron chi connectivity index (χ0n) is 26.7. The summed E-state index contributed by atoms with van der Waals surface area (Å²) < 4.78 is 23.1. The number of methoxy groups -OCH3 is 1. The number of phenols is 2. The smallest absolute Gasteiger partial charge is 0.335 e. The van der Waals surface area contributed by atoms with Gasteiger partial charge in [0.1, 0.15) is 46.5 Å². The fourth-order valence-electron chi connectivity index (χ4n) is 5.51. The van der Waals surface area contributed by atoms with Crippen LogP contribution in [0.4, 0.5) is 0 Å². The average Bonchev–Trinajstić information content (AvgIpc) is 3.00. The second-order valence-corrected chi connectivity index (χ2v) is 11.9. The van der Waals surface area contributed by atoms with Crippen LogP contribution in [0.3, 0.4) is 0 Å². The molecule has 12 nitrogen and oxygen atoms in total. The molecule has 2 aromatic carbocycles. The van der Waals surface area contributed by atoms with E-state index in [2.05, 4.69) is 19.7 Å². The van der Waals surface area contributed by atoms with Gasteiger partial charge in [0.15, 0.2) is 23.0 Å². The summed E-state index contributed by atoms with van der Waals surface area (Å²) in [5.41, 5.74) is 2.19. The molecule has 1 aliphatic heterocycles. The van der Waals surface area contributed by atoms with Crippen molar-refractivity contribution in [1.82, 2.24) is 0 Å². The number of hydrogen-bond acceptors (Lipinski definition) is 11. The normalized spacial score (nSPS) is 21.0. The number of benzene rings is 2. The SMILES string of the molecule is C=C(C)Cc1c(O[C@@H]2OC(C(=O)O)[C@@H](O)C(O)[C@H]2O)c(CC(=C)C)c2oc(-c3ccc(OC)c(O)c3CC(=C)CC)cc(=O)c2c1O. The molecule has 5 atom stereocenters. The highest BCUT2D eigenvalue weighted by Gasteiger charge is 2.48. The topological polar surface area (TPSA) is 196 Å². The molecular formula is C35H40O12. The molecule has 2 heterocycles. The maximum absolute atomic E-state index is 13.8. The lowest BCUT2D eigenvalue weighted by atomic mass is 9.93. The van der Waals surface area contributed by atoms with Gasteiger partial charge >= 0.3 is 5.97 Å². The van der Waals surface area contributed by atoms with Crippen LogP contribution < -0.4 is 14.9 Å². The van der Waals surface area contributed by atoms with E-state index in [4.69, 9.17) is 18.6 Å². The van der Waals surface area contributed by atoms with Gasteiger partial charge in [0.25, 0.3) is 0 Å². The highest BCUT2D eigenvalue weighted by atomic mass is 16.7. The Morgan fingerprint density at radius 3 is 2.13 bits per heavy atom. The van der Waals surface area contributed by atoms with Crippen molar-refractivity contribution >= 4 is 16.9 Å². The van der Waals surface area contributed by atoms with E-state index in [0.717, 1.165) is 5.57 Å². The molecule has 6 N–H and O–H groups in total. The lowest BCUT2D eigenvalue weighted by Crippen LogP contribution is -2.61. The number of aliphatic hydroxyl groups excluding tert-OH is 3. The van der Waals surface area contributed by atoms with Crippen molar-refractivity contribution in [2.75, 3.05) is 7.11 Å². The minimum Gasteiger partial charge on any atom is -0.507 e. The molecule has 3 aromatic rings. The molecule has 47 heavy (non-hydrogen) atoms. The van der Waals surface area contributed by atoms with E-state index in [1.54, 1.807) is 19.9 Å². The molecule has 1 aliphatic rings. The van der Waals surface area contributed by atoms with Gasteiger partial charge in [-0.2, -0.15) is 0 Å². The Balaban J connectivity index is 2.06. The van der Waals surface area contributed by atoms with E-state index in [1.165, 1.54) is 19.2 Å². The van der Waals surface area contributed by atoms with Crippen molar-refractivity contribution in [3.63, 3.8) is 0 Å². The molecule has 1 aromatic heterocycles. The Kier molecular flexibility index (Phi) is 10.5. The third-order valence-electron chi connectivity index (χ3n) is 7.95. The minimum absolute atomic E-state index is 0.0193.